The molecule has 0 spiro atoms. The molecule has 0 aliphatic carbocycles. The van der Waals surface area contributed by atoms with Crippen LogP contribution in [0, 0.1) is 0 Å². The van der Waals surface area contributed by atoms with Gasteiger partial charge in [-0.05, 0) is 71.6 Å². The van der Waals surface area contributed by atoms with E-state index < -0.39 is 0 Å². The van der Waals surface area contributed by atoms with Crippen LogP contribution in [0.25, 0.3) is 67.6 Å². The summed E-state index contributed by atoms with van der Waals surface area (Å²) in [6.07, 6.45) is 8.18. The molecule has 0 unspecified atom stereocenters. The van der Waals surface area contributed by atoms with Gasteiger partial charge in [0, 0.05) is 0 Å². The van der Waals surface area contributed by atoms with Crippen LogP contribution in [0.5, 0.6) is 0 Å². The molecule has 0 N–H and O–H groups in total. The molecule has 0 heterocycles. The van der Waals surface area contributed by atoms with E-state index in [-0.39, 0.29) is 0 Å². The number of hydrogen-bond donors (Lipinski definition) is 0. The molecule has 0 saturated heterocycles. The molecule has 0 bridgehead atoms. The predicted octanol–water partition coefficient (Wildman–Crippen LogP) is 11.3. The lowest BCUT2D eigenvalue weighted by Crippen LogP contribution is -1.97. The molecule has 0 aliphatic heterocycles. The van der Waals surface area contributed by atoms with E-state index in [0.717, 1.165) is 27.8 Å². The predicted molar refractivity (Wildman–Crippen MR) is 177 cm³/mol. The van der Waals surface area contributed by atoms with Crippen molar-refractivity contribution in [2.75, 3.05) is 0 Å². The number of rotatable bonds is 7. The smallest absolute Gasteiger partial charge is 0.00203 e. The molecule has 0 atom stereocenters. The highest BCUT2D eigenvalue weighted by molar-refractivity contribution is 6.16. The molecule has 0 heteroatoms. The van der Waals surface area contributed by atoms with Crippen LogP contribution in [0.2, 0.25) is 0 Å². The topological polar surface area (TPSA) is 0 Å². The van der Waals surface area contributed by atoms with Gasteiger partial charge in [0.15, 0.2) is 0 Å². The van der Waals surface area contributed by atoms with E-state index in [9.17, 15) is 0 Å². The third-order valence-electron chi connectivity index (χ3n) is 7.58. The Morgan fingerprint density at radius 1 is 0.500 bits per heavy atom. The van der Waals surface area contributed by atoms with Crippen LogP contribution in [0.4, 0.5) is 0 Å². The minimum absolute atomic E-state index is 0.978. The first kappa shape index (κ1) is 25.1. The normalized spacial score (nSPS) is 11.2. The monoisotopic (exact) mass is 510 g/mol. The Bertz CT molecular complexity index is 1920. The van der Waals surface area contributed by atoms with Gasteiger partial charge in [-0.25, -0.2) is 0 Å². The quantitative estimate of drug-likeness (QED) is 0.187. The van der Waals surface area contributed by atoms with E-state index in [0.29, 0.717) is 0 Å². The SMILES string of the molecule is C=Cc1c(C=C)c(-c2ccc(C(=C)C=Cc3ccccc3)c3ccccc23)c2ccccc2c1-c1ccccc1. The molecule has 0 nitrogen and oxygen atoms in total. The van der Waals surface area contributed by atoms with Crippen LogP contribution in [-0.2, 0) is 0 Å². The zero-order valence-electron chi connectivity index (χ0n) is 22.5. The zero-order valence-corrected chi connectivity index (χ0v) is 22.5. The van der Waals surface area contributed by atoms with Crippen LogP contribution in [0.1, 0.15) is 22.3 Å². The van der Waals surface area contributed by atoms with Crippen molar-refractivity contribution in [1.29, 1.82) is 0 Å². The standard InChI is InChI=1S/C40H30/c1-4-31-32(5-2)40(37-23-15-14-22-36(37)39(31)30-18-10-7-11-19-30)38-27-26-33(34-20-12-13-21-35(34)38)28(3)24-25-29-16-8-6-9-17-29/h4-27H,1-3H2. The fourth-order valence-electron chi connectivity index (χ4n) is 5.76. The molecule has 6 aromatic carbocycles. The highest BCUT2D eigenvalue weighted by atomic mass is 14.2. The average molecular weight is 511 g/mol. The summed E-state index contributed by atoms with van der Waals surface area (Å²) >= 11 is 0. The van der Waals surface area contributed by atoms with Gasteiger partial charge in [-0.2, -0.15) is 0 Å². The van der Waals surface area contributed by atoms with Gasteiger partial charge >= 0.3 is 0 Å². The Morgan fingerprint density at radius 2 is 1.02 bits per heavy atom. The van der Waals surface area contributed by atoms with Crippen LogP contribution in [0.15, 0.2) is 147 Å². The molecule has 40 heavy (non-hydrogen) atoms. The largest absolute Gasteiger partial charge is 0.0984 e. The second-order valence-electron chi connectivity index (χ2n) is 9.87. The summed E-state index contributed by atoms with van der Waals surface area (Å²) in [4.78, 5) is 0. The Morgan fingerprint density at radius 3 is 1.68 bits per heavy atom. The highest BCUT2D eigenvalue weighted by Crippen LogP contribution is 2.45. The van der Waals surface area contributed by atoms with Crippen LogP contribution in [0.3, 0.4) is 0 Å². The minimum Gasteiger partial charge on any atom is -0.0984 e. The van der Waals surface area contributed by atoms with E-state index in [1.54, 1.807) is 0 Å². The fourth-order valence-corrected chi connectivity index (χ4v) is 5.76. The third-order valence-corrected chi connectivity index (χ3v) is 7.58. The Hall–Kier alpha value is -5.20. The van der Waals surface area contributed by atoms with Crippen molar-refractivity contribution >= 4 is 45.3 Å². The first-order valence-corrected chi connectivity index (χ1v) is 13.5. The van der Waals surface area contributed by atoms with Gasteiger partial charge in [0.05, 0.1) is 0 Å². The van der Waals surface area contributed by atoms with Crippen LogP contribution in [-0.4, -0.2) is 0 Å². The Labute approximate surface area is 236 Å². The number of allylic oxidation sites excluding steroid dienone is 2. The summed E-state index contributed by atoms with van der Waals surface area (Å²) in [7, 11) is 0. The molecule has 0 aliphatic rings. The van der Waals surface area contributed by atoms with Crippen molar-refractivity contribution in [2.24, 2.45) is 0 Å². The summed E-state index contributed by atoms with van der Waals surface area (Å²) < 4.78 is 0. The van der Waals surface area contributed by atoms with Crippen molar-refractivity contribution < 1.29 is 0 Å². The van der Waals surface area contributed by atoms with Crippen LogP contribution >= 0.6 is 0 Å². The molecule has 0 fully saturated rings. The molecule has 0 saturated carbocycles. The molecule has 0 radical (unpaired) electrons. The van der Waals surface area contributed by atoms with Gasteiger partial charge in [0.2, 0.25) is 0 Å². The fraction of sp³-hybridized carbons (Fsp3) is 0. The van der Waals surface area contributed by atoms with E-state index in [4.69, 9.17) is 0 Å². The number of hydrogen-bond acceptors (Lipinski definition) is 0. The first-order valence-electron chi connectivity index (χ1n) is 13.5. The minimum atomic E-state index is 0.978. The van der Waals surface area contributed by atoms with Gasteiger partial charge in [-0.3, -0.25) is 0 Å². The zero-order chi connectivity index (χ0) is 27.5. The lowest BCUT2D eigenvalue weighted by Gasteiger charge is -2.21. The highest BCUT2D eigenvalue weighted by Gasteiger charge is 2.20. The molecule has 0 aromatic heterocycles. The lowest BCUT2D eigenvalue weighted by molar-refractivity contribution is 1.59. The molecular weight excluding hydrogens is 480 g/mol. The van der Waals surface area contributed by atoms with Crippen molar-refractivity contribution in [3.05, 3.63) is 169 Å². The first-order chi connectivity index (χ1) is 19.7. The van der Waals surface area contributed by atoms with Crippen LogP contribution < -0.4 is 0 Å². The molecule has 6 rings (SSSR count). The summed E-state index contributed by atoms with van der Waals surface area (Å²) in [6, 6.07) is 42.6. The summed E-state index contributed by atoms with van der Waals surface area (Å²) in [5.41, 5.74) is 10.2. The second kappa shape index (κ2) is 10.9. The van der Waals surface area contributed by atoms with E-state index in [1.807, 2.05) is 18.2 Å². The molecule has 190 valence electrons. The number of fused-ring (bicyclic) bond motifs is 2. The van der Waals surface area contributed by atoms with E-state index >= 15 is 0 Å². The van der Waals surface area contributed by atoms with Gasteiger partial charge in [-0.15, -0.1) is 0 Å². The van der Waals surface area contributed by atoms with Crippen molar-refractivity contribution in [3.63, 3.8) is 0 Å². The Balaban J connectivity index is 1.61. The average Bonchev–Trinajstić information content (AvgIpc) is 3.02. The molecule has 6 aromatic rings. The third kappa shape index (κ3) is 4.40. The second-order valence-corrected chi connectivity index (χ2v) is 9.87. The maximum atomic E-state index is 4.43. The van der Waals surface area contributed by atoms with Gasteiger partial charge in [0.1, 0.15) is 0 Å². The molecular formula is C40H30. The maximum Gasteiger partial charge on any atom is -0.00203 e. The van der Waals surface area contributed by atoms with Crippen molar-refractivity contribution in [3.8, 4) is 22.3 Å². The van der Waals surface area contributed by atoms with Crippen molar-refractivity contribution in [2.45, 2.75) is 0 Å². The summed E-state index contributed by atoms with van der Waals surface area (Å²) in [6.45, 7) is 13.0. The number of benzene rings is 6. The van der Waals surface area contributed by atoms with Gasteiger partial charge in [0.25, 0.3) is 0 Å². The summed E-state index contributed by atoms with van der Waals surface area (Å²) in [5, 5.41) is 4.76. The van der Waals surface area contributed by atoms with Gasteiger partial charge in [-0.1, -0.05) is 165 Å². The maximum absolute atomic E-state index is 4.43. The van der Waals surface area contributed by atoms with Crippen molar-refractivity contribution in [1.82, 2.24) is 0 Å². The summed E-state index contributed by atoms with van der Waals surface area (Å²) in [5.74, 6) is 0. The lowest BCUT2D eigenvalue weighted by atomic mass is 9.82. The van der Waals surface area contributed by atoms with Gasteiger partial charge < -0.3 is 0 Å². The van der Waals surface area contributed by atoms with E-state index in [1.165, 1.54) is 43.8 Å². The molecule has 0 amide bonds. The van der Waals surface area contributed by atoms with E-state index in [2.05, 4.69) is 147 Å². The Kier molecular flexibility index (Phi) is 6.83.